The molecule has 0 radical (unpaired) electrons. The fraction of sp³-hybridized carbons (Fsp3) is 0.400. The molecule has 0 bridgehead atoms. The van der Waals surface area contributed by atoms with Crippen LogP contribution < -0.4 is 5.73 Å². The standard InChI is InChI=1S/C15H17ClN2O2/c16-14-8-13(4-3-12(14)2-1-6-17)15(20)18-7-5-11(9-18)10-19/h3-4,8,11,19H,5-7,9-10,17H2. The molecule has 1 aromatic carbocycles. The molecule has 2 rings (SSSR count). The predicted octanol–water partition coefficient (Wildman–Crippen LogP) is 1.10. The van der Waals surface area contributed by atoms with Crippen molar-refractivity contribution in [2.75, 3.05) is 26.2 Å². The fourth-order valence-electron chi connectivity index (χ4n) is 2.24. The quantitative estimate of drug-likeness (QED) is 0.802. The van der Waals surface area contributed by atoms with Crippen LogP contribution in [0.3, 0.4) is 0 Å². The molecule has 1 unspecified atom stereocenters. The van der Waals surface area contributed by atoms with Crippen LogP contribution in [0.2, 0.25) is 5.02 Å². The third-order valence-corrected chi connectivity index (χ3v) is 3.69. The highest BCUT2D eigenvalue weighted by Gasteiger charge is 2.26. The molecule has 106 valence electrons. The van der Waals surface area contributed by atoms with Crippen molar-refractivity contribution in [3.05, 3.63) is 34.3 Å². The first kappa shape index (κ1) is 14.9. The lowest BCUT2D eigenvalue weighted by atomic mass is 10.1. The topological polar surface area (TPSA) is 66.6 Å². The molecule has 0 saturated carbocycles. The number of aliphatic hydroxyl groups excluding tert-OH is 1. The Morgan fingerprint density at radius 3 is 2.95 bits per heavy atom. The zero-order chi connectivity index (χ0) is 14.5. The number of aliphatic hydroxyl groups is 1. The van der Waals surface area contributed by atoms with E-state index >= 15 is 0 Å². The minimum absolute atomic E-state index is 0.0545. The number of halogens is 1. The number of hydrogen-bond donors (Lipinski definition) is 2. The van der Waals surface area contributed by atoms with E-state index in [4.69, 9.17) is 22.4 Å². The number of nitrogens with zero attached hydrogens (tertiary/aromatic N) is 1. The maximum absolute atomic E-state index is 12.3. The summed E-state index contributed by atoms with van der Waals surface area (Å²) in [6.07, 6.45) is 0.843. The molecule has 5 heteroatoms. The zero-order valence-corrected chi connectivity index (χ0v) is 11.9. The van der Waals surface area contributed by atoms with Gasteiger partial charge in [-0.3, -0.25) is 4.79 Å². The van der Waals surface area contributed by atoms with Crippen LogP contribution in [0.4, 0.5) is 0 Å². The van der Waals surface area contributed by atoms with Crippen molar-refractivity contribution in [2.45, 2.75) is 6.42 Å². The van der Waals surface area contributed by atoms with E-state index in [-0.39, 0.29) is 25.0 Å². The first-order valence-corrected chi connectivity index (χ1v) is 6.92. The van der Waals surface area contributed by atoms with Crippen LogP contribution in [-0.4, -0.2) is 42.2 Å². The Balaban J connectivity index is 2.13. The summed E-state index contributed by atoms with van der Waals surface area (Å²) < 4.78 is 0. The van der Waals surface area contributed by atoms with E-state index < -0.39 is 0 Å². The normalized spacial score (nSPS) is 17.8. The SMILES string of the molecule is NCC#Cc1ccc(C(=O)N2CCC(CO)C2)cc1Cl. The Morgan fingerprint density at radius 1 is 1.55 bits per heavy atom. The molecule has 1 fully saturated rings. The molecule has 0 spiro atoms. The third kappa shape index (κ3) is 3.31. The van der Waals surface area contributed by atoms with Gasteiger partial charge in [-0.2, -0.15) is 0 Å². The van der Waals surface area contributed by atoms with Crippen LogP contribution in [0.1, 0.15) is 22.3 Å². The number of rotatable bonds is 2. The van der Waals surface area contributed by atoms with E-state index in [0.717, 1.165) is 6.42 Å². The van der Waals surface area contributed by atoms with Gasteiger partial charge >= 0.3 is 0 Å². The molecule has 0 aliphatic carbocycles. The predicted molar refractivity (Wildman–Crippen MR) is 78.5 cm³/mol. The van der Waals surface area contributed by atoms with E-state index in [1.165, 1.54) is 0 Å². The van der Waals surface area contributed by atoms with Crippen molar-refractivity contribution in [3.63, 3.8) is 0 Å². The molecular formula is C15H17ClN2O2. The average Bonchev–Trinajstić information content (AvgIpc) is 2.94. The smallest absolute Gasteiger partial charge is 0.253 e. The Bertz CT molecular complexity index is 563. The molecule has 1 atom stereocenters. The lowest BCUT2D eigenvalue weighted by Crippen LogP contribution is -2.29. The minimum Gasteiger partial charge on any atom is -0.396 e. The van der Waals surface area contributed by atoms with Crippen LogP contribution in [0.15, 0.2) is 18.2 Å². The first-order valence-electron chi connectivity index (χ1n) is 6.54. The number of benzene rings is 1. The van der Waals surface area contributed by atoms with Crippen molar-refractivity contribution < 1.29 is 9.90 Å². The first-order chi connectivity index (χ1) is 9.65. The van der Waals surface area contributed by atoms with Gasteiger partial charge < -0.3 is 15.7 Å². The molecule has 1 heterocycles. The number of likely N-dealkylation sites (tertiary alicyclic amines) is 1. The molecule has 0 aromatic heterocycles. The summed E-state index contributed by atoms with van der Waals surface area (Å²) in [6, 6.07) is 5.09. The number of carbonyl (C=O) groups is 1. The van der Waals surface area contributed by atoms with Crippen molar-refractivity contribution in [2.24, 2.45) is 11.7 Å². The van der Waals surface area contributed by atoms with Gasteiger partial charge in [0.1, 0.15) is 0 Å². The maximum Gasteiger partial charge on any atom is 0.253 e. The fourth-order valence-corrected chi connectivity index (χ4v) is 2.47. The van der Waals surface area contributed by atoms with Gasteiger partial charge in [-0.1, -0.05) is 23.4 Å². The van der Waals surface area contributed by atoms with Gasteiger partial charge in [0.05, 0.1) is 11.6 Å². The highest BCUT2D eigenvalue weighted by Crippen LogP contribution is 2.21. The Kier molecular flexibility index (Phi) is 5.02. The van der Waals surface area contributed by atoms with Crippen molar-refractivity contribution >= 4 is 17.5 Å². The second kappa shape index (κ2) is 6.76. The summed E-state index contributed by atoms with van der Waals surface area (Å²) in [7, 11) is 0. The largest absolute Gasteiger partial charge is 0.396 e. The highest BCUT2D eigenvalue weighted by molar-refractivity contribution is 6.32. The molecule has 1 aliphatic rings. The van der Waals surface area contributed by atoms with Gasteiger partial charge in [0, 0.05) is 36.7 Å². The van der Waals surface area contributed by atoms with Gasteiger partial charge in [-0.25, -0.2) is 0 Å². The summed E-state index contributed by atoms with van der Waals surface area (Å²) in [5, 5.41) is 9.57. The summed E-state index contributed by atoms with van der Waals surface area (Å²) >= 11 is 6.12. The Morgan fingerprint density at radius 2 is 2.35 bits per heavy atom. The number of nitrogens with two attached hydrogens (primary N) is 1. The van der Waals surface area contributed by atoms with Crippen molar-refractivity contribution in [1.29, 1.82) is 0 Å². The summed E-state index contributed by atoms with van der Waals surface area (Å²) in [5.74, 6) is 5.72. The van der Waals surface area contributed by atoms with E-state index in [1.807, 2.05) is 0 Å². The molecular weight excluding hydrogens is 276 g/mol. The summed E-state index contributed by atoms with van der Waals surface area (Å²) in [4.78, 5) is 14.1. The third-order valence-electron chi connectivity index (χ3n) is 3.37. The lowest BCUT2D eigenvalue weighted by molar-refractivity contribution is 0.0782. The Labute approximate surface area is 123 Å². The molecule has 1 aromatic rings. The van der Waals surface area contributed by atoms with Crippen LogP contribution in [0.25, 0.3) is 0 Å². The average molecular weight is 293 g/mol. The van der Waals surface area contributed by atoms with Crippen LogP contribution in [0, 0.1) is 17.8 Å². The zero-order valence-electron chi connectivity index (χ0n) is 11.1. The monoisotopic (exact) mass is 292 g/mol. The van der Waals surface area contributed by atoms with Crippen molar-refractivity contribution in [3.8, 4) is 11.8 Å². The molecule has 20 heavy (non-hydrogen) atoms. The lowest BCUT2D eigenvalue weighted by Gasteiger charge is -2.16. The highest BCUT2D eigenvalue weighted by atomic mass is 35.5. The molecule has 4 nitrogen and oxygen atoms in total. The summed E-state index contributed by atoms with van der Waals surface area (Å²) in [5.41, 5.74) is 6.53. The van der Waals surface area contributed by atoms with Gasteiger partial charge in [0.15, 0.2) is 0 Å². The van der Waals surface area contributed by atoms with Gasteiger partial charge in [0.2, 0.25) is 0 Å². The molecule has 1 saturated heterocycles. The van der Waals surface area contributed by atoms with Crippen LogP contribution in [0.5, 0.6) is 0 Å². The van der Waals surface area contributed by atoms with Crippen molar-refractivity contribution in [1.82, 2.24) is 4.90 Å². The number of hydrogen-bond acceptors (Lipinski definition) is 3. The van der Waals surface area contributed by atoms with E-state index in [1.54, 1.807) is 23.1 Å². The van der Waals surface area contributed by atoms with E-state index in [2.05, 4.69) is 11.8 Å². The molecule has 1 aliphatic heterocycles. The van der Waals surface area contributed by atoms with Gasteiger partial charge in [0.25, 0.3) is 5.91 Å². The number of amides is 1. The molecule has 1 amide bonds. The second-order valence-electron chi connectivity index (χ2n) is 4.79. The molecule has 3 N–H and O–H groups in total. The number of carbonyl (C=O) groups excluding carboxylic acids is 1. The summed E-state index contributed by atoms with van der Waals surface area (Å²) in [6.45, 7) is 1.67. The van der Waals surface area contributed by atoms with Gasteiger partial charge in [-0.15, -0.1) is 0 Å². The van der Waals surface area contributed by atoms with Crippen LogP contribution in [-0.2, 0) is 0 Å². The van der Waals surface area contributed by atoms with E-state index in [0.29, 0.717) is 29.2 Å². The van der Waals surface area contributed by atoms with E-state index in [9.17, 15) is 4.79 Å². The minimum atomic E-state index is -0.0545. The van der Waals surface area contributed by atoms with Gasteiger partial charge in [-0.05, 0) is 24.6 Å². The second-order valence-corrected chi connectivity index (χ2v) is 5.20. The Hall–Kier alpha value is -1.54. The van der Waals surface area contributed by atoms with Crippen LogP contribution >= 0.6 is 11.6 Å². The maximum atomic E-state index is 12.3.